The first-order valence-corrected chi connectivity index (χ1v) is 10.5. The topological polar surface area (TPSA) is 71.0 Å². The number of carbonyl (C=O) groups excluding carboxylic acids is 2. The monoisotopic (exact) mass is 405 g/mol. The van der Waals surface area contributed by atoms with Gasteiger partial charge >= 0.3 is 0 Å². The second-order valence-corrected chi connectivity index (χ2v) is 7.95. The maximum Gasteiger partial charge on any atom is 0.267 e. The first-order chi connectivity index (χ1) is 14.7. The molecule has 0 bridgehead atoms. The molecule has 0 spiro atoms. The van der Waals surface area contributed by atoms with Gasteiger partial charge in [-0.2, -0.15) is 0 Å². The van der Waals surface area contributed by atoms with E-state index in [-0.39, 0.29) is 17.9 Å². The van der Waals surface area contributed by atoms with Crippen LogP contribution in [0.2, 0.25) is 0 Å². The van der Waals surface area contributed by atoms with E-state index in [1.54, 1.807) is 4.90 Å². The second kappa shape index (κ2) is 9.57. The van der Waals surface area contributed by atoms with Crippen molar-refractivity contribution >= 4 is 17.5 Å². The van der Waals surface area contributed by atoms with E-state index in [1.165, 1.54) is 5.56 Å². The average Bonchev–Trinajstić information content (AvgIpc) is 3.42. The van der Waals surface area contributed by atoms with Crippen LogP contribution in [-0.4, -0.2) is 41.1 Å². The van der Waals surface area contributed by atoms with Gasteiger partial charge in [-0.1, -0.05) is 65.8 Å². The number of aryl methyl sites for hydroxylation is 1. The Balaban J connectivity index is 1.36. The molecule has 2 heterocycles. The molecule has 0 aromatic heterocycles. The molecule has 4 rings (SSSR count). The Bertz CT molecular complexity index is 898. The summed E-state index contributed by atoms with van der Waals surface area (Å²) in [4.78, 5) is 32.2. The summed E-state index contributed by atoms with van der Waals surface area (Å²) in [6.45, 7) is 0.976. The van der Waals surface area contributed by atoms with Gasteiger partial charge in [-0.25, -0.2) is 0 Å². The van der Waals surface area contributed by atoms with Gasteiger partial charge in [-0.3, -0.25) is 9.59 Å². The van der Waals surface area contributed by atoms with Gasteiger partial charge in [0.15, 0.2) is 0 Å². The van der Waals surface area contributed by atoms with Crippen LogP contribution in [0.3, 0.4) is 0 Å². The fraction of sp³-hybridized carbons (Fsp3) is 0.375. The molecule has 156 valence electrons. The zero-order chi connectivity index (χ0) is 20.8. The minimum absolute atomic E-state index is 0.00923. The first-order valence-electron chi connectivity index (χ1n) is 10.5. The lowest BCUT2D eigenvalue weighted by molar-refractivity contribution is -0.143. The number of hydrogen-bond donors (Lipinski definition) is 1. The van der Waals surface area contributed by atoms with Crippen molar-refractivity contribution in [2.75, 3.05) is 6.54 Å². The third-order valence-corrected chi connectivity index (χ3v) is 5.60. The smallest absolute Gasteiger partial charge is 0.267 e. The van der Waals surface area contributed by atoms with Crippen molar-refractivity contribution in [3.63, 3.8) is 0 Å². The van der Waals surface area contributed by atoms with Gasteiger partial charge in [0.05, 0.1) is 5.71 Å². The van der Waals surface area contributed by atoms with Crippen molar-refractivity contribution in [1.82, 2.24) is 10.2 Å². The molecule has 1 N–H and O–H groups in total. The van der Waals surface area contributed by atoms with Crippen molar-refractivity contribution in [2.24, 2.45) is 5.16 Å². The van der Waals surface area contributed by atoms with Crippen molar-refractivity contribution in [2.45, 2.75) is 50.8 Å². The molecule has 2 atom stereocenters. The Morgan fingerprint density at radius 2 is 1.73 bits per heavy atom. The lowest BCUT2D eigenvalue weighted by atomic mass is 10.0. The maximum atomic E-state index is 13.3. The lowest BCUT2D eigenvalue weighted by Gasteiger charge is -2.27. The molecule has 6 nitrogen and oxygen atoms in total. The standard InChI is InChI=1S/C24H27N3O3/c28-23-14-13-21(25-23)17-27(16-19-9-5-2-6-10-19)24(29)22-15-20(26-30-22)12-11-18-7-3-1-4-8-18/h1-10,21-22H,11-17H2,(H,25,28)/t21-,22?/m0/s1. The largest absolute Gasteiger partial charge is 0.382 e. The van der Waals surface area contributed by atoms with E-state index in [1.807, 2.05) is 48.5 Å². The van der Waals surface area contributed by atoms with Crippen LogP contribution < -0.4 is 5.32 Å². The van der Waals surface area contributed by atoms with Crippen LogP contribution in [0.1, 0.15) is 36.8 Å². The molecule has 1 unspecified atom stereocenters. The molecular weight excluding hydrogens is 378 g/mol. The highest BCUT2D eigenvalue weighted by molar-refractivity contribution is 5.93. The van der Waals surface area contributed by atoms with Crippen molar-refractivity contribution in [3.05, 3.63) is 71.8 Å². The number of oxime groups is 1. The number of benzene rings is 2. The first kappa shape index (κ1) is 20.1. The Labute approximate surface area is 176 Å². The molecule has 0 aliphatic carbocycles. The van der Waals surface area contributed by atoms with Crippen LogP contribution in [0.15, 0.2) is 65.8 Å². The average molecular weight is 405 g/mol. The van der Waals surface area contributed by atoms with Crippen LogP contribution >= 0.6 is 0 Å². The Kier molecular flexibility index (Phi) is 6.42. The SMILES string of the molecule is O=C1CC[C@@H](CN(Cc2ccccc2)C(=O)C2CC(CCc3ccccc3)=NO2)N1. The Morgan fingerprint density at radius 1 is 1.03 bits per heavy atom. The van der Waals surface area contributed by atoms with E-state index in [0.29, 0.717) is 25.9 Å². The molecule has 2 aromatic carbocycles. The van der Waals surface area contributed by atoms with E-state index >= 15 is 0 Å². The summed E-state index contributed by atoms with van der Waals surface area (Å²) >= 11 is 0. The van der Waals surface area contributed by atoms with E-state index in [2.05, 4.69) is 22.6 Å². The summed E-state index contributed by atoms with van der Waals surface area (Å²) in [6.07, 6.45) is 2.87. The number of nitrogens with zero attached hydrogens (tertiary/aromatic N) is 2. The third kappa shape index (κ3) is 5.26. The minimum atomic E-state index is -0.586. The van der Waals surface area contributed by atoms with Gasteiger partial charge in [0, 0.05) is 32.0 Å². The summed E-state index contributed by atoms with van der Waals surface area (Å²) in [5, 5.41) is 7.15. The van der Waals surface area contributed by atoms with Gasteiger partial charge in [0.1, 0.15) is 0 Å². The third-order valence-electron chi connectivity index (χ3n) is 5.60. The highest BCUT2D eigenvalue weighted by Gasteiger charge is 2.34. The number of rotatable bonds is 8. The highest BCUT2D eigenvalue weighted by atomic mass is 16.6. The fourth-order valence-corrected chi connectivity index (χ4v) is 3.96. The summed E-state index contributed by atoms with van der Waals surface area (Å²) < 4.78 is 0. The minimum Gasteiger partial charge on any atom is -0.382 e. The van der Waals surface area contributed by atoms with Crippen LogP contribution in [0, 0.1) is 0 Å². The van der Waals surface area contributed by atoms with Crippen molar-refractivity contribution < 1.29 is 14.4 Å². The molecule has 30 heavy (non-hydrogen) atoms. The molecule has 2 aromatic rings. The quantitative estimate of drug-likeness (QED) is 0.734. The predicted octanol–water partition coefficient (Wildman–Crippen LogP) is 3.07. The number of carbonyl (C=O) groups is 2. The summed E-state index contributed by atoms with van der Waals surface area (Å²) in [7, 11) is 0. The second-order valence-electron chi connectivity index (χ2n) is 7.95. The van der Waals surface area contributed by atoms with Gasteiger partial charge in [-0.15, -0.1) is 0 Å². The van der Waals surface area contributed by atoms with Crippen molar-refractivity contribution in [3.8, 4) is 0 Å². The maximum absolute atomic E-state index is 13.3. The van der Waals surface area contributed by atoms with Gasteiger partial charge < -0.3 is 15.1 Å². The van der Waals surface area contributed by atoms with Crippen LogP contribution in [0.25, 0.3) is 0 Å². The molecule has 0 radical (unpaired) electrons. The lowest BCUT2D eigenvalue weighted by Crippen LogP contribution is -2.45. The molecule has 1 saturated heterocycles. The van der Waals surface area contributed by atoms with E-state index in [0.717, 1.165) is 30.5 Å². The highest BCUT2D eigenvalue weighted by Crippen LogP contribution is 2.20. The zero-order valence-corrected chi connectivity index (χ0v) is 17.0. The van der Waals surface area contributed by atoms with Gasteiger partial charge in [-0.05, 0) is 30.4 Å². The molecule has 6 heteroatoms. The Hall–Kier alpha value is -3.15. The molecule has 0 saturated carbocycles. The number of amides is 2. The normalized spacial score (nSPS) is 20.4. The van der Waals surface area contributed by atoms with Gasteiger partial charge in [0.25, 0.3) is 5.91 Å². The van der Waals surface area contributed by atoms with E-state index in [4.69, 9.17) is 4.84 Å². The van der Waals surface area contributed by atoms with Crippen LogP contribution in [0.4, 0.5) is 0 Å². The number of nitrogens with one attached hydrogen (secondary N) is 1. The summed E-state index contributed by atoms with van der Waals surface area (Å²) in [5.41, 5.74) is 3.22. The predicted molar refractivity (Wildman–Crippen MR) is 115 cm³/mol. The molecule has 1 fully saturated rings. The molecule has 2 aliphatic heterocycles. The zero-order valence-electron chi connectivity index (χ0n) is 17.0. The van der Waals surface area contributed by atoms with E-state index < -0.39 is 6.10 Å². The van der Waals surface area contributed by atoms with Crippen LogP contribution in [0.5, 0.6) is 0 Å². The van der Waals surface area contributed by atoms with Crippen LogP contribution in [-0.2, 0) is 27.4 Å². The Morgan fingerprint density at radius 3 is 2.40 bits per heavy atom. The number of hydrogen-bond acceptors (Lipinski definition) is 4. The molecule has 2 amide bonds. The van der Waals surface area contributed by atoms with Gasteiger partial charge in [0.2, 0.25) is 12.0 Å². The summed E-state index contributed by atoms with van der Waals surface area (Å²) in [5.74, 6) is -0.0192. The molecular formula is C24H27N3O3. The fourth-order valence-electron chi connectivity index (χ4n) is 3.96. The van der Waals surface area contributed by atoms with Crippen molar-refractivity contribution in [1.29, 1.82) is 0 Å². The van der Waals surface area contributed by atoms with E-state index in [9.17, 15) is 9.59 Å². The summed E-state index contributed by atoms with van der Waals surface area (Å²) in [6, 6.07) is 20.1. The molecule has 2 aliphatic rings.